The van der Waals surface area contributed by atoms with E-state index < -0.39 is 15.9 Å². The van der Waals surface area contributed by atoms with Crippen molar-refractivity contribution in [2.24, 2.45) is 0 Å². The molecule has 0 saturated heterocycles. The number of carbonyl (C=O) groups excluding carboxylic acids is 1. The molecule has 0 fully saturated rings. The molecule has 0 N–H and O–H groups in total. The van der Waals surface area contributed by atoms with Crippen LogP contribution in [0.4, 0.5) is 5.69 Å². The van der Waals surface area contributed by atoms with Gasteiger partial charge in [0, 0.05) is 19.7 Å². The Kier molecular flexibility index (Phi) is 6.14. The number of hydrogen-bond donors (Lipinski definition) is 0. The predicted octanol–water partition coefficient (Wildman–Crippen LogP) is 3.37. The summed E-state index contributed by atoms with van der Waals surface area (Å²) >= 11 is 6.19. The molecule has 0 aliphatic carbocycles. The Morgan fingerprint density at radius 2 is 1.90 bits per heavy atom. The van der Waals surface area contributed by atoms with Crippen molar-refractivity contribution in [3.05, 3.63) is 64.5 Å². The van der Waals surface area contributed by atoms with Gasteiger partial charge in [0.1, 0.15) is 0 Å². The standard InChI is InChI=1S/C20H21ClN4O4S/c1-13-6-5-7-14(10-13)19-22-18(29-23-19)12-24(2)20(26)16-11-15(8-9-17(16)21)25(3)30(4,27)28/h5-11H,12H2,1-4H3. The van der Waals surface area contributed by atoms with Crippen LogP contribution in [0, 0.1) is 6.92 Å². The minimum absolute atomic E-state index is 0.0696. The Hall–Kier alpha value is -2.91. The molecule has 1 heterocycles. The van der Waals surface area contributed by atoms with Crippen LogP contribution in [0.15, 0.2) is 47.0 Å². The first-order valence-corrected chi connectivity index (χ1v) is 11.2. The van der Waals surface area contributed by atoms with Crippen LogP contribution in [-0.4, -0.2) is 49.7 Å². The number of aromatic nitrogens is 2. The Balaban J connectivity index is 1.80. The summed E-state index contributed by atoms with van der Waals surface area (Å²) in [6.07, 6.45) is 1.08. The minimum atomic E-state index is -3.47. The van der Waals surface area contributed by atoms with Crippen LogP contribution in [-0.2, 0) is 16.6 Å². The third-order valence-electron chi connectivity index (χ3n) is 4.50. The molecule has 0 aliphatic heterocycles. The molecule has 0 saturated carbocycles. The lowest BCUT2D eigenvalue weighted by Crippen LogP contribution is -2.28. The van der Waals surface area contributed by atoms with Crippen molar-refractivity contribution in [3.63, 3.8) is 0 Å². The Morgan fingerprint density at radius 1 is 1.17 bits per heavy atom. The molecule has 0 aliphatic rings. The van der Waals surface area contributed by atoms with Crippen molar-refractivity contribution in [2.75, 3.05) is 24.7 Å². The van der Waals surface area contributed by atoms with E-state index in [0.717, 1.165) is 21.7 Å². The SMILES string of the molecule is Cc1cccc(-c2noc(CN(C)C(=O)c3cc(N(C)S(C)(=O)=O)ccc3Cl)n2)c1. The van der Waals surface area contributed by atoms with Gasteiger partial charge in [-0.3, -0.25) is 9.10 Å². The van der Waals surface area contributed by atoms with Crippen LogP contribution in [0.5, 0.6) is 0 Å². The fraction of sp³-hybridized carbons (Fsp3) is 0.250. The fourth-order valence-electron chi connectivity index (χ4n) is 2.77. The van der Waals surface area contributed by atoms with Gasteiger partial charge in [0.05, 0.1) is 29.1 Å². The van der Waals surface area contributed by atoms with Crippen molar-refractivity contribution in [3.8, 4) is 11.4 Å². The normalized spacial score (nSPS) is 11.4. The van der Waals surface area contributed by atoms with Crippen molar-refractivity contribution >= 4 is 33.2 Å². The second kappa shape index (κ2) is 8.45. The minimum Gasteiger partial charge on any atom is -0.337 e. The molecule has 0 atom stereocenters. The van der Waals surface area contributed by atoms with E-state index in [2.05, 4.69) is 10.1 Å². The number of anilines is 1. The first-order valence-electron chi connectivity index (χ1n) is 8.95. The van der Waals surface area contributed by atoms with Crippen LogP contribution in [0.25, 0.3) is 11.4 Å². The average molecular weight is 449 g/mol. The van der Waals surface area contributed by atoms with Crippen molar-refractivity contribution in [1.82, 2.24) is 15.0 Å². The molecule has 30 heavy (non-hydrogen) atoms. The number of halogens is 1. The average Bonchev–Trinajstić information content (AvgIpc) is 3.15. The van der Waals surface area contributed by atoms with Gasteiger partial charge in [0.15, 0.2) is 0 Å². The van der Waals surface area contributed by atoms with Gasteiger partial charge in [-0.05, 0) is 31.2 Å². The van der Waals surface area contributed by atoms with E-state index in [1.54, 1.807) is 7.05 Å². The number of carbonyl (C=O) groups is 1. The summed E-state index contributed by atoms with van der Waals surface area (Å²) in [4.78, 5) is 18.6. The Bertz CT molecular complexity index is 1190. The lowest BCUT2D eigenvalue weighted by atomic mass is 10.1. The van der Waals surface area contributed by atoms with Gasteiger partial charge in [-0.15, -0.1) is 0 Å². The monoisotopic (exact) mass is 448 g/mol. The van der Waals surface area contributed by atoms with Crippen LogP contribution >= 0.6 is 11.6 Å². The smallest absolute Gasteiger partial charge is 0.255 e. The van der Waals surface area contributed by atoms with Crippen LogP contribution in [0.1, 0.15) is 21.8 Å². The number of amides is 1. The molecule has 0 spiro atoms. The predicted molar refractivity (Wildman–Crippen MR) is 115 cm³/mol. The van der Waals surface area contributed by atoms with Crippen LogP contribution < -0.4 is 4.31 Å². The van der Waals surface area contributed by atoms with Gasteiger partial charge < -0.3 is 9.42 Å². The topological polar surface area (TPSA) is 96.6 Å². The molecule has 0 bridgehead atoms. The number of aryl methyl sites for hydroxylation is 1. The molecule has 8 nitrogen and oxygen atoms in total. The number of sulfonamides is 1. The highest BCUT2D eigenvalue weighted by Gasteiger charge is 2.21. The lowest BCUT2D eigenvalue weighted by molar-refractivity contribution is 0.0770. The quantitative estimate of drug-likeness (QED) is 0.573. The maximum atomic E-state index is 12.9. The summed E-state index contributed by atoms with van der Waals surface area (Å²) in [6, 6.07) is 12.1. The molecular weight excluding hydrogens is 428 g/mol. The van der Waals surface area contributed by atoms with Crippen LogP contribution in [0.3, 0.4) is 0 Å². The highest BCUT2D eigenvalue weighted by atomic mass is 35.5. The molecule has 10 heteroatoms. The zero-order valence-corrected chi connectivity index (χ0v) is 18.5. The molecule has 3 rings (SSSR count). The molecule has 3 aromatic rings. The Labute approximate surface area is 180 Å². The zero-order valence-electron chi connectivity index (χ0n) is 17.0. The molecular formula is C20H21ClN4O4S. The number of hydrogen-bond acceptors (Lipinski definition) is 6. The van der Waals surface area contributed by atoms with Gasteiger partial charge in [-0.25, -0.2) is 8.42 Å². The zero-order chi connectivity index (χ0) is 22.1. The van der Waals surface area contributed by atoms with E-state index in [9.17, 15) is 13.2 Å². The lowest BCUT2D eigenvalue weighted by Gasteiger charge is -2.20. The highest BCUT2D eigenvalue weighted by molar-refractivity contribution is 7.92. The van der Waals surface area contributed by atoms with Crippen molar-refractivity contribution < 1.29 is 17.7 Å². The Morgan fingerprint density at radius 3 is 2.57 bits per heavy atom. The van der Waals surface area contributed by atoms with E-state index >= 15 is 0 Å². The molecule has 1 amide bonds. The van der Waals surface area contributed by atoms with Gasteiger partial charge in [-0.1, -0.05) is 40.5 Å². The number of rotatable bonds is 6. The third-order valence-corrected chi connectivity index (χ3v) is 6.04. The van der Waals surface area contributed by atoms with Crippen molar-refractivity contribution in [1.29, 1.82) is 0 Å². The summed E-state index contributed by atoms with van der Waals surface area (Å²) in [5.74, 6) is 0.297. The van der Waals surface area contributed by atoms with E-state index in [4.69, 9.17) is 16.1 Å². The van der Waals surface area contributed by atoms with Crippen LogP contribution in [0.2, 0.25) is 5.02 Å². The number of benzene rings is 2. The summed E-state index contributed by atoms with van der Waals surface area (Å²) in [6.45, 7) is 2.04. The molecule has 0 unspecified atom stereocenters. The van der Waals surface area contributed by atoms with Gasteiger partial charge in [0.2, 0.25) is 21.7 Å². The first-order chi connectivity index (χ1) is 14.1. The summed E-state index contributed by atoms with van der Waals surface area (Å²) < 4.78 is 29.9. The summed E-state index contributed by atoms with van der Waals surface area (Å²) in [5.41, 5.74) is 2.39. The second-order valence-corrected chi connectivity index (χ2v) is 9.36. The molecule has 0 radical (unpaired) electrons. The largest absolute Gasteiger partial charge is 0.337 e. The molecule has 2 aromatic carbocycles. The van der Waals surface area contributed by atoms with E-state index in [1.807, 2.05) is 31.2 Å². The van der Waals surface area contributed by atoms with E-state index in [1.165, 1.54) is 30.1 Å². The fourth-order valence-corrected chi connectivity index (χ4v) is 3.46. The summed E-state index contributed by atoms with van der Waals surface area (Å²) in [7, 11) is -0.498. The maximum absolute atomic E-state index is 12.9. The van der Waals surface area contributed by atoms with Crippen molar-refractivity contribution in [2.45, 2.75) is 13.5 Å². The molecule has 1 aromatic heterocycles. The third kappa shape index (κ3) is 4.80. The summed E-state index contributed by atoms with van der Waals surface area (Å²) in [5, 5.41) is 4.18. The maximum Gasteiger partial charge on any atom is 0.255 e. The van der Waals surface area contributed by atoms with Gasteiger partial charge >= 0.3 is 0 Å². The second-order valence-electron chi connectivity index (χ2n) is 6.94. The van der Waals surface area contributed by atoms with Gasteiger partial charge in [-0.2, -0.15) is 4.98 Å². The van der Waals surface area contributed by atoms with E-state index in [-0.39, 0.29) is 23.0 Å². The van der Waals surface area contributed by atoms with Gasteiger partial charge in [0.25, 0.3) is 5.91 Å². The highest BCUT2D eigenvalue weighted by Crippen LogP contribution is 2.25. The number of nitrogens with zero attached hydrogens (tertiary/aromatic N) is 4. The van der Waals surface area contributed by atoms with E-state index in [0.29, 0.717) is 11.5 Å². The first kappa shape index (κ1) is 21.8. The molecule has 158 valence electrons.